The predicted octanol–water partition coefficient (Wildman–Crippen LogP) is -0.287. The van der Waals surface area contributed by atoms with E-state index in [-0.39, 0.29) is 6.61 Å². The van der Waals surface area contributed by atoms with Gasteiger partial charge in [-0.1, -0.05) is 0 Å². The second-order valence-electron chi connectivity index (χ2n) is 2.71. The minimum atomic E-state index is 0.121. The number of aliphatic hydroxyl groups is 1. The van der Waals surface area contributed by atoms with Gasteiger partial charge in [-0.25, -0.2) is 4.68 Å². The molecule has 2 rings (SSSR count). The zero-order valence-corrected chi connectivity index (χ0v) is 6.75. The molecular weight excluding hydrogens is 156 g/mol. The fourth-order valence-corrected chi connectivity index (χ4v) is 1.34. The Morgan fingerprint density at radius 3 is 3.17 bits per heavy atom. The molecule has 1 aliphatic rings. The molecule has 0 aliphatic carbocycles. The van der Waals surface area contributed by atoms with Crippen LogP contribution in [0.15, 0.2) is 6.20 Å². The Hall–Kier alpha value is -1.23. The lowest BCUT2D eigenvalue weighted by atomic mass is 10.4. The van der Waals surface area contributed by atoms with E-state index in [0.717, 1.165) is 24.6 Å². The van der Waals surface area contributed by atoms with Crippen LogP contribution in [0.5, 0.6) is 0 Å². The average Bonchev–Trinajstić information content (AvgIpc) is 2.50. The van der Waals surface area contributed by atoms with Crippen molar-refractivity contribution in [1.29, 1.82) is 0 Å². The minimum Gasteiger partial charge on any atom is -0.394 e. The molecule has 2 heterocycles. The van der Waals surface area contributed by atoms with Crippen LogP contribution < -0.4 is 10.6 Å². The summed E-state index contributed by atoms with van der Waals surface area (Å²) in [6, 6.07) is 0. The van der Waals surface area contributed by atoms with Crippen LogP contribution in [0.2, 0.25) is 0 Å². The number of fused-ring (bicyclic) bond motifs is 1. The summed E-state index contributed by atoms with van der Waals surface area (Å²) in [6.45, 7) is 2.50. The van der Waals surface area contributed by atoms with Crippen molar-refractivity contribution in [2.24, 2.45) is 0 Å². The van der Waals surface area contributed by atoms with Crippen LogP contribution >= 0.6 is 0 Å². The van der Waals surface area contributed by atoms with Gasteiger partial charge in [-0.2, -0.15) is 5.10 Å². The number of aliphatic hydroxyl groups excluding tert-OH is 1. The third kappa shape index (κ3) is 1.12. The normalized spacial score (nSPS) is 14.8. The summed E-state index contributed by atoms with van der Waals surface area (Å²) >= 11 is 0. The van der Waals surface area contributed by atoms with E-state index in [1.54, 1.807) is 10.9 Å². The highest BCUT2D eigenvalue weighted by molar-refractivity contribution is 5.66. The van der Waals surface area contributed by atoms with Crippen molar-refractivity contribution < 1.29 is 5.11 Å². The molecule has 66 valence electrons. The van der Waals surface area contributed by atoms with Crippen molar-refractivity contribution in [3.63, 3.8) is 0 Å². The number of nitrogens with one attached hydrogen (secondary N) is 2. The minimum absolute atomic E-state index is 0.121. The molecular formula is C7H12N4O. The van der Waals surface area contributed by atoms with Gasteiger partial charge >= 0.3 is 0 Å². The number of nitrogens with zero attached hydrogens (tertiary/aromatic N) is 2. The number of hydrogen-bond donors (Lipinski definition) is 3. The van der Waals surface area contributed by atoms with Gasteiger partial charge in [0.15, 0.2) is 0 Å². The number of rotatable bonds is 2. The lowest BCUT2D eigenvalue weighted by Gasteiger charge is -2.17. The van der Waals surface area contributed by atoms with Gasteiger partial charge in [0.25, 0.3) is 0 Å². The first-order chi connectivity index (χ1) is 5.92. The largest absolute Gasteiger partial charge is 0.394 e. The molecule has 0 atom stereocenters. The molecule has 1 aromatic heterocycles. The first-order valence-electron chi connectivity index (χ1n) is 4.06. The fraction of sp³-hybridized carbons (Fsp3) is 0.571. The van der Waals surface area contributed by atoms with Crippen LogP contribution in [-0.4, -0.2) is 34.6 Å². The van der Waals surface area contributed by atoms with E-state index in [9.17, 15) is 0 Å². The monoisotopic (exact) mass is 168 g/mol. The molecule has 5 nitrogen and oxygen atoms in total. The smallest absolute Gasteiger partial charge is 0.148 e. The van der Waals surface area contributed by atoms with Crippen LogP contribution in [0.3, 0.4) is 0 Å². The lowest BCUT2D eigenvalue weighted by Crippen LogP contribution is -2.22. The van der Waals surface area contributed by atoms with Gasteiger partial charge < -0.3 is 15.7 Å². The molecule has 0 radical (unpaired) electrons. The Balaban J connectivity index is 2.25. The molecule has 0 aromatic carbocycles. The molecule has 0 bridgehead atoms. The molecule has 0 spiro atoms. The Labute approximate surface area is 70.4 Å². The van der Waals surface area contributed by atoms with Crippen LogP contribution in [0.1, 0.15) is 0 Å². The highest BCUT2D eigenvalue weighted by atomic mass is 16.3. The van der Waals surface area contributed by atoms with Crippen molar-refractivity contribution in [2.45, 2.75) is 6.54 Å². The van der Waals surface area contributed by atoms with Gasteiger partial charge in [0.2, 0.25) is 0 Å². The predicted molar refractivity (Wildman–Crippen MR) is 46.3 cm³/mol. The zero-order chi connectivity index (χ0) is 8.39. The summed E-state index contributed by atoms with van der Waals surface area (Å²) in [4.78, 5) is 0. The Kier molecular flexibility index (Phi) is 1.87. The van der Waals surface area contributed by atoms with Crippen molar-refractivity contribution in [1.82, 2.24) is 9.78 Å². The highest BCUT2D eigenvalue weighted by Gasteiger charge is 2.12. The van der Waals surface area contributed by atoms with Crippen LogP contribution in [0.4, 0.5) is 11.5 Å². The third-order valence-electron chi connectivity index (χ3n) is 1.88. The quantitative estimate of drug-likeness (QED) is 0.568. The summed E-state index contributed by atoms with van der Waals surface area (Å²) in [7, 11) is 0. The molecule has 0 saturated carbocycles. The number of hydrogen-bond acceptors (Lipinski definition) is 4. The van der Waals surface area contributed by atoms with Crippen molar-refractivity contribution in [3.05, 3.63) is 6.20 Å². The Morgan fingerprint density at radius 2 is 2.33 bits per heavy atom. The summed E-state index contributed by atoms with van der Waals surface area (Å²) < 4.78 is 1.77. The van der Waals surface area contributed by atoms with Gasteiger partial charge in [0.05, 0.1) is 25.0 Å². The van der Waals surface area contributed by atoms with E-state index in [1.165, 1.54) is 0 Å². The maximum absolute atomic E-state index is 8.73. The second-order valence-corrected chi connectivity index (χ2v) is 2.71. The Bertz CT molecular complexity index is 270. The zero-order valence-electron chi connectivity index (χ0n) is 6.75. The van der Waals surface area contributed by atoms with Gasteiger partial charge in [0, 0.05) is 13.1 Å². The first kappa shape index (κ1) is 7.42. The van der Waals surface area contributed by atoms with Crippen molar-refractivity contribution in [3.8, 4) is 0 Å². The first-order valence-corrected chi connectivity index (χ1v) is 4.06. The van der Waals surface area contributed by atoms with E-state index < -0.39 is 0 Å². The summed E-state index contributed by atoms with van der Waals surface area (Å²) in [5.74, 6) is 0.982. The van der Waals surface area contributed by atoms with E-state index in [1.807, 2.05) is 0 Å². The van der Waals surface area contributed by atoms with Crippen LogP contribution in [0.25, 0.3) is 0 Å². The SMILES string of the molecule is OCCn1ncc2c1NCCN2. The van der Waals surface area contributed by atoms with Gasteiger partial charge in [0.1, 0.15) is 5.82 Å². The molecule has 0 saturated heterocycles. The Morgan fingerprint density at radius 1 is 1.50 bits per heavy atom. The molecule has 0 unspecified atom stereocenters. The molecule has 1 aromatic rings. The van der Waals surface area contributed by atoms with Gasteiger partial charge in [-0.15, -0.1) is 0 Å². The summed E-state index contributed by atoms with van der Waals surface area (Å²) in [5.41, 5.74) is 1.02. The van der Waals surface area contributed by atoms with Gasteiger partial charge in [-0.3, -0.25) is 0 Å². The molecule has 5 heteroatoms. The maximum atomic E-state index is 8.73. The number of aromatic nitrogens is 2. The third-order valence-corrected chi connectivity index (χ3v) is 1.88. The molecule has 12 heavy (non-hydrogen) atoms. The van der Waals surface area contributed by atoms with E-state index in [0.29, 0.717) is 6.54 Å². The molecule has 0 amide bonds. The fourth-order valence-electron chi connectivity index (χ4n) is 1.34. The maximum Gasteiger partial charge on any atom is 0.148 e. The lowest BCUT2D eigenvalue weighted by molar-refractivity contribution is 0.270. The second kappa shape index (κ2) is 3.02. The average molecular weight is 168 g/mol. The summed E-state index contributed by atoms with van der Waals surface area (Å²) in [5, 5.41) is 19.3. The molecule has 3 N–H and O–H groups in total. The van der Waals surface area contributed by atoms with E-state index in [4.69, 9.17) is 5.11 Å². The van der Waals surface area contributed by atoms with E-state index in [2.05, 4.69) is 15.7 Å². The summed E-state index contributed by atoms with van der Waals surface area (Å²) in [6.07, 6.45) is 1.77. The van der Waals surface area contributed by atoms with E-state index >= 15 is 0 Å². The van der Waals surface area contributed by atoms with Crippen molar-refractivity contribution in [2.75, 3.05) is 30.3 Å². The highest BCUT2D eigenvalue weighted by Crippen LogP contribution is 2.22. The number of anilines is 2. The van der Waals surface area contributed by atoms with Crippen LogP contribution in [0, 0.1) is 0 Å². The van der Waals surface area contributed by atoms with Crippen LogP contribution in [-0.2, 0) is 6.54 Å². The molecule has 1 aliphatic heterocycles. The topological polar surface area (TPSA) is 62.1 Å². The van der Waals surface area contributed by atoms with Gasteiger partial charge in [-0.05, 0) is 0 Å². The molecule has 0 fully saturated rings. The standard InChI is InChI=1S/C7H12N4O/c12-4-3-11-7-6(5-10-11)8-1-2-9-7/h5,8-9,12H,1-4H2. The van der Waals surface area contributed by atoms with Crippen molar-refractivity contribution >= 4 is 11.5 Å².